The largest absolute Gasteiger partial charge is 0.389 e. The first-order valence-electron chi connectivity index (χ1n) is 4.92. The van der Waals surface area contributed by atoms with E-state index in [2.05, 4.69) is 14.8 Å². The first-order chi connectivity index (χ1) is 8.33. The van der Waals surface area contributed by atoms with Crippen LogP contribution < -0.4 is 0 Å². The van der Waals surface area contributed by atoms with Crippen LogP contribution in [-0.2, 0) is 0 Å². The summed E-state index contributed by atoms with van der Waals surface area (Å²) in [5.41, 5.74) is 9.31. The van der Waals surface area contributed by atoms with Gasteiger partial charge < -0.3 is 5.53 Å². The molecule has 0 aliphatic rings. The predicted molar refractivity (Wildman–Crippen MR) is 60.5 cm³/mol. The molecule has 0 saturated heterocycles. The summed E-state index contributed by atoms with van der Waals surface area (Å²) in [6.07, 6.45) is 3.02. The number of carbonyl (C=O) groups excluding carboxylic acids is 1. The zero-order valence-corrected chi connectivity index (χ0v) is 8.82. The van der Waals surface area contributed by atoms with Crippen molar-refractivity contribution < 1.29 is 9.58 Å². The molecule has 17 heavy (non-hydrogen) atoms. The molecule has 2 heterocycles. The fourth-order valence-electron chi connectivity index (χ4n) is 1.33. The lowest BCUT2D eigenvalue weighted by Crippen LogP contribution is -2.19. The van der Waals surface area contributed by atoms with Gasteiger partial charge in [0.05, 0.1) is 0 Å². The molecule has 0 saturated carbocycles. The standard InChI is InChI=1S/C12H8N4O/c13-16-11(9-5-1-3-7-14-9)12(17)10-6-2-4-8-15-10/h1-8H. The zero-order chi connectivity index (χ0) is 12.1. The van der Waals surface area contributed by atoms with Crippen LogP contribution in [0.5, 0.6) is 0 Å². The van der Waals surface area contributed by atoms with E-state index in [4.69, 9.17) is 5.53 Å². The SMILES string of the molecule is [N-]=[N+]=C(C(=O)c1ccccn1)c1ccccn1. The van der Waals surface area contributed by atoms with Gasteiger partial charge in [-0.3, -0.25) is 9.78 Å². The summed E-state index contributed by atoms with van der Waals surface area (Å²) >= 11 is 0. The summed E-state index contributed by atoms with van der Waals surface area (Å²) in [4.78, 5) is 22.8. The maximum atomic E-state index is 12.0. The molecule has 0 aromatic carbocycles. The van der Waals surface area contributed by atoms with E-state index >= 15 is 0 Å². The number of rotatable bonds is 3. The van der Waals surface area contributed by atoms with Gasteiger partial charge in [-0.2, -0.15) is 4.79 Å². The molecule has 5 heteroatoms. The molecule has 0 aliphatic carbocycles. The van der Waals surface area contributed by atoms with Gasteiger partial charge in [-0.05, 0) is 24.3 Å². The molecule has 0 radical (unpaired) electrons. The molecule has 0 fully saturated rings. The number of nitrogens with zero attached hydrogens (tertiary/aromatic N) is 4. The monoisotopic (exact) mass is 224 g/mol. The quantitative estimate of drug-likeness (QED) is 0.342. The number of hydrogen-bond acceptors (Lipinski definition) is 3. The fourth-order valence-corrected chi connectivity index (χ4v) is 1.33. The van der Waals surface area contributed by atoms with Crippen molar-refractivity contribution in [1.82, 2.24) is 9.97 Å². The van der Waals surface area contributed by atoms with Crippen LogP contribution in [-0.4, -0.2) is 26.3 Å². The molecule has 0 amide bonds. The van der Waals surface area contributed by atoms with Gasteiger partial charge in [-0.1, -0.05) is 12.1 Å². The number of carbonyl (C=O) groups is 1. The Balaban J connectivity index is 2.40. The van der Waals surface area contributed by atoms with Gasteiger partial charge in [0.1, 0.15) is 5.69 Å². The minimum absolute atomic E-state index is 0.121. The molecule has 0 atom stereocenters. The Hall–Kier alpha value is -2.65. The smallest absolute Gasteiger partial charge is 0.361 e. The maximum absolute atomic E-state index is 12.0. The number of pyridine rings is 2. The Labute approximate surface area is 97.4 Å². The molecule has 0 unspecified atom stereocenters. The van der Waals surface area contributed by atoms with Gasteiger partial charge in [-0.15, -0.1) is 0 Å². The molecule has 5 nitrogen and oxygen atoms in total. The Bertz CT molecular complexity index is 574. The number of hydrogen-bond donors (Lipinski definition) is 0. The molecule has 0 bridgehead atoms. The first-order valence-corrected chi connectivity index (χ1v) is 4.92. The second-order valence-corrected chi connectivity index (χ2v) is 3.21. The Morgan fingerprint density at radius 3 is 2.06 bits per heavy atom. The molecule has 82 valence electrons. The van der Waals surface area contributed by atoms with E-state index < -0.39 is 5.78 Å². The van der Waals surface area contributed by atoms with Crippen molar-refractivity contribution in [2.24, 2.45) is 0 Å². The van der Waals surface area contributed by atoms with Crippen LogP contribution in [0.2, 0.25) is 0 Å². The lowest BCUT2D eigenvalue weighted by Gasteiger charge is -1.95. The Morgan fingerprint density at radius 2 is 1.59 bits per heavy atom. The molecule has 2 rings (SSSR count). The second kappa shape index (κ2) is 4.92. The highest BCUT2D eigenvalue weighted by Crippen LogP contribution is 2.02. The van der Waals surface area contributed by atoms with Gasteiger partial charge >= 0.3 is 5.71 Å². The molecule has 0 N–H and O–H groups in total. The molecule has 2 aromatic heterocycles. The normalized spacial score (nSPS) is 9.41. The highest BCUT2D eigenvalue weighted by atomic mass is 16.1. The first kappa shape index (κ1) is 10.9. The van der Waals surface area contributed by atoms with Crippen molar-refractivity contribution in [3.63, 3.8) is 0 Å². The van der Waals surface area contributed by atoms with E-state index in [9.17, 15) is 4.79 Å². The Kier molecular flexibility index (Phi) is 3.14. The maximum Gasteiger partial charge on any atom is 0.389 e. The van der Waals surface area contributed by atoms with Gasteiger partial charge in [-0.25, -0.2) is 4.98 Å². The molecule has 2 aromatic rings. The van der Waals surface area contributed by atoms with Crippen molar-refractivity contribution in [1.29, 1.82) is 0 Å². The predicted octanol–water partition coefficient (Wildman–Crippen LogP) is 1.38. The van der Waals surface area contributed by atoms with E-state index in [0.717, 1.165) is 0 Å². The van der Waals surface area contributed by atoms with E-state index in [1.807, 2.05) is 0 Å². The van der Waals surface area contributed by atoms with Crippen molar-refractivity contribution in [3.8, 4) is 0 Å². The van der Waals surface area contributed by atoms with E-state index in [0.29, 0.717) is 5.69 Å². The Morgan fingerprint density at radius 1 is 1.00 bits per heavy atom. The number of Topliss-reactive ketones (excluding diaryl/α,β-unsaturated/α-hetero) is 1. The number of ketones is 1. The minimum atomic E-state index is -0.466. The summed E-state index contributed by atoms with van der Waals surface area (Å²) in [6.45, 7) is 0. The van der Waals surface area contributed by atoms with E-state index in [1.54, 1.807) is 36.4 Å². The van der Waals surface area contributed by atoms with Crippen LogP contribution in [0.1, 0.15) is 16.2 Å². The number of aromatic nitrogens is 2. The van der Waals surface area contributed by atoms with Gasteiger partial charge in [0.15, 0.2) is 5.69 Å². The lowest BCUT2D eigenvalue weighted by atomic mass is 10.1. The van der Waals surface area contributed by atoms with Crippen LogP contribution in [0, 0.1) is 0 Å². The fraction of sp³-hybridized carbons (Fsp3) is 0. The second-order valence-electron chi connectivity index (χ2n) is 3.21. The van der Waals surface area contributed by atoms with Crippen LogP contribution in [0.3, 0.4) is 0 Å². The molecular formula is C12H8N4O. The van der Waals surface area contributed by atoms with Crippen LogP contribution in [0.25, 0.3) is 5.53 Å². The third kappa shape index (κ3) is 2.30. The van der Waals surface area contributed by atoms with Crippen molar-refractivity contribution in [2.75, 3.05) is 0 Å². The summed E-state index contributed by atoms with van der Waals surface area (Å²) < 4.78 is 0. The average Bonchev–Trinajstić information content (AvgIpc) is 2.42. The zero-order valence-electron chi connectivity index (χ0n) is 8.82. The van der Waals surface area contributed by atoms with Crippen molar-refractivity contribution in [3.05, 3.63) is 65.7 Å². The summed E-state index contributed by atoms with van der Waals surface area (Å²) in [6, 6.07) is 9.95. The minimum Gasteiger partial charge on any atom is -0.361 e. The molecule has 0 aliphatic heterocycles. The van der Waals surface area contributed by atoms with Crippen LogP contribution in [0.15, 0.2) is 48.8 Å². The average molecular weight is 224 g/mol. The van der Waals surface area contributed by atoms with E-state index in [1.165, 1.54) is 12.4 Å². The van der Waals surface area contributed by atoms with Gasteiger partial charge in [0.2, 0.25) is 0 Å². The van der Waals surface area contributed by atoms with Crippen LogP contribution >= 0.6 is 0 Å². The van der Waals surface area contributed by atoms with Crippen LogP contribution in [0.4, 0.5) is 0 Å². The lowest BCUT2D eigenvalue weighted by molar-refractivity contribution is -0.00535. The summed E-state index contributed by atoms with van der Waals surface area (Å²) in [5, 5.41) is 0. The summed E-state index contributed by atoms with van der Waals surface area (Å²) in [7, 11) is 0. The van der Waals surface area contributed by atoms with Gasteiger partial charge in [0, 0.05) is 12.4 Å². The third-order valence-corrected chi connectivity index (χ3v) is 2.12. The van der Waals surface area contributed by atoms with Gasteiger partial charge in [0.25, 0.3) is 5.78 Å². The highest BCUT2D eigenvalue weighted by molar-refractivity contribution is 6.48. The van der Waals surface area contributed by atoms with Crippen molar-refractivity contribution >= 4 is 11.5 Å². The molecule has 0 spiro atoms. The van der Waals surface area contributed by atoms with E-state index in [-0.39, 0.29) is 11.4 Å². The molecular weight excluding hydrogens is 216 g/mol. The van der Waals surface area contributed by atoms with Crippen molar-refractivity contribution in [2.45, 2.75) is 0 Å². The summed E-state index contributed by atoms with van der Waals surface area (Å²) in [5.74, 6) is -0.466. The third-order valence-electron chi connectivity index (χ3n) is 2.12. The highest BCUT2D eigenvalue weighted by Gasteiger charge is 2.26. The topological polar surface area (TPSA) is 79.3 Å².